The zero-order chi connectivity index (χ0) is 11.7. The minimum atomic E-state index is -0.253. The van der Waals surface area contributed by atoms with Crippen molar-refractivity contribution in [3.8, 4) is 11.5 Å². The van der Waals surface area contributed by atoms with Crippen LogP contribution in [0.15, 0.2) is 35.2 Å². The molecule has 1 fully saturated rings. The Morgan fingerprint density at radius 2 is 2.35 bits per heavy atom. The number of hydrogen-bond donors (Lipinski definition) is 1. The maximum absolute atomic E-state index is 9.51. The molecule has 1 aliphatic heterocycles. The molecule has 0 radical (unpaired) electrons. The van der Waals surface area contributed by atoms with E-state index >= 15 is 0 Å². The SMILES string of the molecule is OC1CCN(c2cc(-c3ccco3)ncn2)C1. The first-order valence-electron chi connectivity index (χ1n) is 5.62. The van der Waals surface area contributed by atoms with Crippen LogP contribution in [0.25, 0.3) is 11.5 Å². The number of furan rings is 1. The normalized spacial score (nSPS) is 19.8. The third-order valence-corrected chi connectivity index (χ3v) is 2.91. The van der Waals surface area contributed by atoms with Crippen LogP contribution in [0.2, 0.25) is 0 Å². The first kappa shape index (κ1) is 10.3. The highest BCUT2D eigenvalue weighted by Gasteiger charge is 2.21. The first-order chi connectivity index (χ1) is 8.33. The molecule has 0 bridgehead atoms. The van der Waals surface area contributed by atoms with Gasteiger partial charge in [-0.15, -0.1) is 0 Å². The molecule has 2 aromatic heterocycles. The minimum Gasteiger partial charge on any atom is -0.463 e. The molecule has 1 atom stereocenters. The van der Waals surface area contributed by atoms with Gasteiger partial charge < -0.3 is 14.4 Å². The van der Waals surface area contributed by atoms with Crippen molar-refractivity contribution in [2.24, 2.45) is 0 Å². The van der Waals surface area contributed by atoms with E-state index in [1.54, 1.807) is 6.26 Å². The lowest BCUT2D eigenvalue weighted by atomic mass is 10.3. The molecule has 2 aromatic rings. The Hall–Kier alpha value is -1.88. The molecule has 5 nitrogen and oxygen atoms in total. The van der Waals surface area contributed by atoms with Gasteiger partial charge in [-0.1, -0.05) is 0 Å². The maximum atomic E-state index is 9.51. The van der Waals surface area contributed by atoms with E-state index in [1.807, 2.05) is 18.2 Å². The Kier molecular flexibility index (Phi) is 2.53. The van der Waals surface area contributed by atoms with E-state index in [2.05, 4.69) is 14.9 Å². The molecule has 0 aliphatic carbocycles. The van der Waals surface area contributed by atoms with Gasteiger partial charge in [0.05, 0.1) is 12.4 Å². The van der Waals surface area contributed by atoms with E-state index in [9.17, 15) is 5.11 Å². The zero-order valence-electron chi connectivity index (χ0n) is 9.28. The predicted molar refractivity (Wildman–Crippen MR) is 62.6 cm³/mol. The van der Waals surface area contributed by atoms with Gasteiger partial charge in [0.15, 0.2) is 5.76 Å². The van der Waals surface area contributed by atoms with Crippen molar-refractivity contribution in [2.45, 2.75) is 12.5 Å². The van der Waals surface area contributed by atoms with Crippen LogP contribution in [-0.2, 0) is 0 Å². The summed E-state index contributed by atoms with van der Waals surface area (Å²) in [6, 6.07) is 5.58. The van der Waals surface area contributed by atoms with E-state index in [0.29, 0.717) is 6.54 Å². The van der Waals surface area contributed by atoms with Crippen LogP contribution >= 0.6 is 0 Å². The van der Waals surface area contributed by atoms with Gasteiger partial charge in [-0.2, -0.15) is 0 Å². The number of β-amino-alcohol motifs (C(OH)–C–C–N with tert-alkyl or cyclic N) is 1. The van der Waals surface area contributed by atoms with Crippen LogP contribution in [0.3, 0.4) is 0 Å². The Labute approximate surface area is 98.7 Å². The minimum absolute atomic E-state index is 0.253. The highest BCUT2D eigenvalue weighted by Crippen LogP contribution is 2.23. The van der Waals surface area contributed by atoms with Gasteiger partial charge in [0.1, 0.15) is 17.8 Å². The van der Waals surface area contributed by atoms with Gasteiger partial charge in [-0.25, -0.2) is 9.97 Å². The standard InChI is InChI=1S/C12H13N3O2/c16-9-3-4-15(7-9)12-6-10(13-8-14-12)11-2-1-5-17-11/h1-2,5-6,8-9,16H,3-4,7H2. The molecule has 0 aromatic carbocycles. The molecule has 1 aliphatic rings. The first-order valence-corrected chi connectivity index (χ1v) is 5.62. The summed E-state index contributed by atoms with van der Waals surface area (Å²) < 4.78 is 5.30. The molecule has 1 saturated heterocycles. The van der Waals surface area contributed by atoms with Gasteiger partial charge >= 0.3 is 0 Å². The average molecular weight is 231 g/mol. The Morgan fingerprint density at radius 1 is 1.41 bits per heavy atom. The molecule has 1 unspecified atom stereocenters. The van der Waals surface area contributed by atoms with E-state index < -0.39 is 0 Å². The molecule has 1 N–H and O–H groups in total. The lowest BCUT2D eigenvalue weighted by molar-refractivity contribution is 0.198. The quantitative estimate of drug-likeness (QED) is 0.844. The summed E-state index contributed by atoms with van der Waals surface area (Å²) in [7, 11) is 0. The average Bonchev–Trinajstić information content (AvgIpc) is 3.00. The molecule has 3 rings (SSSR count). The van der Waals surface area contributed by atoms with Crippen LogP contribution in [0.5, 0.6) is 0 Å². The van der Waals surface area contributed by atoms with Crippen molar-refractivity contribution < 1.29 is 9.52 Å². The summed E-state index contributed by atoms with van der Waals surface area (Å²) >= 11 is 0. The van der Waals surface area contributed by atoms with Crippen molar-refractivity contribution in [3.63, 3.8) is 0 Å². The molecule has 0 spiro atoms. The number of aliphatic hydroxyl groups excluding tert-OH is 1. The predicted octanol–water partition coefficient (Wildman–Crippen LogP) is 1.31. The number of hydrogen-bond acceptors (Lipinski definition) is 5. The number of nitrogens with zero attached hydrogens (tertiary/aromatic N) is 3. The fourth-order valence-electron chi connectivity index (χ4n) is 2.03. The summed E-state index contributed by atoms with van der Waals surface area (Å²) in [5.74, 6) is 1.57. The van der Waals surface area contributed by atoms with Crippen molar-refractivity contribution in [3.05, 3.63) is 30.8 Å². The van der Waals surface area contributed by atoms with Crippen molar-refractivity contribution >= 4 is 5.82 Å². The van der Waals surface area contributed by atoms with E-state index in [1.165, 1.54) is 6.33 Å². The van der Waals surface area contributed by atoms with Crippen LogP contribution in [0.1, 0.15) is 6.42 Å². The molecular formula is C12H13N3O2. The number of aromatic nitrogens is 2. The topological polar surface area (TPSA) is 62.4 Å². The lowest BCUT2D eigenvalue weighted by Gasteiger charge is -2.16. The van der Waals surface area contributed by atoms with Crippen LogP contribution in [0.4, 0.5) is 5.82 Å². The molecule has 0 saturated carbocycles. The van der Waals surface area contributed by atoms with Gasteiger partial charge in [0.2, 0.25) is 0 Å². The van der Waals surface area contributed by atoms with Crippen LogP contribution in [0, 0.1) is 0 Å². The lowest BCUT2D eigenvalue weighted by Crippen LogP contribution is -2.22. The molecule has 88 valence electrons. The highest BCUT2D eigenvalue weighted by atomic mass is 16.3. The Balaban J connectivity index is 1.89. The van der Waals surface area contributed by atoms with E-state index in [-0.39, 0.29) is 6.10 Å². The second kappa shape index (κ2) is 4.18. The molecular weight excluding hydrogens is 218 g/mol. The molecule has 3 heterocycles. The summed E-state index contributed by atoms with van der Waals surface area (Å²) in [6.07, 6.45) is 3.69. The Morgan fingerprint density at radius 3 is 3.06 bits per heavy atom. The van der Waals surface area contributed by atoms with Crippen LogP contribution < -0.4 is 4.90 Å². The monoisotopic (exact) mass is 231 g/mol. The van der Waals surface area contributed by atoms with Crippen molar-refractivity contribution in [2.75, 3.05) is 18.0 Å². The van der Waals surface area contributed by atoms with Gasteiger partial charge in [0, 0.05) is 19.2 Å². The maximum Gasteiger partial charge on any atom is 0.152 e. The zero-order valence-corrected chi connectivity index (χ0v) is 9.28. The van der Waals surface area contributed by atoms with Crippen molar-refractivity contribution in [1.82, 2.24) is 9.97 Å². The number of aliphatic hydroxyl groups is 1. The molecule has 5 heteroatoms. The summed E-state index contributed by atoms with van der Waals surface area (Å²) in [5.41, 5.74) is 0.765. The third kappa shape index (κ3) is 2.01. The van der Waals surface area contributed by atoms with Gasteiger partial charge in [0.25, 0.3) is 0 Å². The molecule has 0 amide bonds. The fourth-order valence-corrected chi connectivity index (χ4v) is 2.03. The number of rotatable bonds is 2. The van der Waals surface area contributed by atoms with Gasteiger partial charge in [-0.05, 0) is 18.6 Å². The summed E-state index contributed by atoms with van der Waals surface area (Å²) in [6.45, 7) is 1.46. The number of anilines is 1. The second-order valence-electron chi connectivity index (χ2n) is 4.13. The fraction of sp³-hybridized carbons (Fsp3) is 0.333. The smallest absolute Gasteiger partial charge is 0.152 e. The second-order valence-corrected chi connectivity index (χ2v) is 4.13. The largest absolute Gasteiger partial charge is 0.463 e. The van der Waals surface area contributed by atoms with Gasteiger partial charge in [-0.3, -0.25) is 0 Å². The van der Waals surface area contributed by atoms with E-state index in [0.717, 1.165) is 30.2 Å². The summed E-state index contributed by atoms with van der Waals surface area (Å²) in [5, 5.41) is 9.51. The van der Waals surface area contributed by atoms with Crippen molar-refractivity contribution in [1.29, 1.82) is 0 Å². The van der Waals surface area contributed by atoms with E-state index in [4.69, 9.17) is 4.42 Å². The highest BCUT2D eigenvalue weighted by molar-refractivity contribution is 5.57. The van der Waals surface area contributed by atoms with Crippen LogP contribution in [-0.4, -0.2) is 34.3 Å². The third-order valence-electron chi connectivity index (χ3n) is 2.91. The Bertz CT molecular complexity index is 498. The molecule has 17 heavy (non-hydrogen) atoms. The summed E-state index contributed by atoms with van der Waals surface area (Å²) in [4.78, 5) is 10.5.